The molecule has 1 aromatic heterocycles. The molecule has 2 aromatic rings. The number of hydrogen-bond acceptors (Lipinski definition) is 3. The number of rotatable bonds is 4. The van der Waals surface area contributed by atoms with Gasteiger partial charge in [0.1, 0.15) is 17.4 Å². The van der Waals surface area contributed by atoms with Crippen molar-refractivity contribution in [1.29, 1.82) is 0 Å². The first-order valence-corrected chi connectivity index (χ1v) is 6.51. The molecule has 0 spiro atoms. The van der Waals surface area contributed by atoms with Gasteiger partial charge in [0.15, 0.2) is 5.15 Å². The minimum atomic E-state index is 0.163. The average molecular weight is 319 g/mol. The molecule has 2 rings (SSSR count). The van der Waals surface area contributed by atoms with Crippen LogP contribution in [0.2, 0.25) is 15.2 Å². The second-order valence-electron chi connectivity index (χ2n) is 3.68. The SMILES string of the molecule is COc1ccc(COc2nc(Cl)c(Cl)cc2Cl)cc1. The van der Waals surface area contributed by atoms with E-state index in [1.54, 1.807) is 7.11 Å². The van der Waals surface area contributed by atoms with Crippen molar-refractivity contribution in [3.05, 3.63) is 51.1 Å². The highest BCUT2D eigenvalue weighted by atomic mass is 35.5. The Bertz CT molecular complexity index is 573. The van der Waals surface area contributed by atoms with Gasteiger partial charge in [-0.25, -0.2) is 0 Å². The van der Waals surface area contributed by atoms with Crippen molar-refractivity contribution in [3.8, 4) is 11.6 Å². The molecule has 0 amide bonds. The van der Waals surface area contributed by atoms with E-state index in [1.807, 2.05) is 24.3 Å². The van der Waals surface area contributed by atoms with Crippen molar-refractivity contribution in [1.82, 2.24) is 4.98 Å². The summed E-state index contributed by atoms with van der Waals surface area (Å²) in [7, 11) is 1.62. The van der Waals surface area contributed by atoms with Crippen molar-refractivity contribution in [3.63, 3.8) is 0 Å². The van der Waals surface area contributed by atoms with Crippen LogP contribution in [0.25, 0.3) is 0 Å². The summed E-state index contributed by atoms with van der Waals surface area (Å²) in [5.41, 5.74) is 0.963. The Morgan fingerprint density at radius 3 is 2.37 bits per heavy atom. The van der Waals surface area contributed by atoms with Gasteiger partial charge in [-0.3, -0.25) is 0 Å². The number of hydrogen-bond donors (Lipinski definition) is 0. The van der Waals surface area contributed by atoms with Crippen molar-refractivity contribution < 1.29 is 9.47 Å². The highest BCUT2D eigenvalue weighted by molar-refractivity contribution is 6.42. The number of aromatic nitrogens is 1. The zero-order valence-corrected chi connectivity index (χ0v) is 12.3. The van der Waals surface area contributed by atoms with E-state index in [9.17, 15) is 0 Å². The summed E-state index contributed by atoms with van der Waals surface area (Å²) in [4.78, 5) is 3.98. The van der Waals surface area contributed by atoms with Crippen molar-refractivity contribution in [2.75, 3.05) is 7.11 Å². The van der Waals surface area contributed by atoms with Crippen LogP contribution in [-0.2, 0) is 6.61 Å². The third-order valence-corrected chi connectivity index (χ3v) is 3.33. The fourth-order valence-corrected chi connectivity index (χ4v) is 1.95. The number of halogens is 3. The molecular formula is C13H10Cl3NO2. The average Bonchev–Trinajstić information content (AvgIpc) is 2.42. The fourth-order valence-electron chi connectivity index (χ4n) is 1.40. The molecule has 3 nitrogen and oxygen atoms in total. The van der Waals surface area contributed by atoms with E-state index in [0.717, 1.165) is 11.3 Å². The number of pyridine rings is 1. The zero-order valence-electron chi connectivity index (χ0n) is 9.99. The van der Waals surface area contributed by atoms with Gasteiger partial charge in [0.25, 0.3) is 0 Å². The van der Waals surface area contributed by atoms with E-state index in [1.165, 1.54) is 6.07 Å². The predicted molar refractivity (Wildman–Crippen MR) is 76.6 cm³/mol. The second-order valence-corrected chi connectivity index (χ2v) is 4.86. The summed E-state index contributed by atoms with van der Waals surface area (Å²) in [6, 6.07) is 8.99. The molecule has 0 aliphatic carbocycles. The van der Waals surface area contributed by atoms with E-state index >= 15 is 0 Å². The molecule has 0 aliphatic heterocycles. The van der Waals surface area contributed by atoms with Crippen LogP contribution in [0.4, 0.5) is 0 Å². The lowest BCUT2D eigenvalue weighted by Gasteiger charge is -2.08. The van der Waals surface area contributed by atoms with E-state index in [-0.39, 0.29) is 11.0 Å². The first-order valence-electron chi connectivity index (χ1n) is 5.37. The summed E-state index contributed by atoms with van der Waals surface area (Å²) >= 11 is 17.6. The summed E-state index contributed by atoms with van der Waals surface area (Å²) < 4.78 is 10.6. The Balaban J connectivity index is 2.07. The third-order valence-electron chi connectivity index (χ3n) is 2.39. The summed E-state index contributed by atoms with van der Waals surface area (Å²) in [5.74, 6) is 1.04. The highest BCUT2D eigenvalue weighted by Crippen LogP contribution is 2.30. The van der Waals surface area contributed by atoms with Crippen LogP contribution < -0.4 is 9.47 Å². The van der Waals surface area contributed by atoms with Gasteiger partial charge in [0, 0.05) is 0 Å². The Kier molecular flexibility index (Phi) is 4.75. The molecule has 0 N–H and O–H groups in total. The minimum absolute atomic E-state index is 0.163. The normalized spacial score (nSPS) is 10.3. The Hall–Kier alpha value is -1.16. The van der Waals surface area contributed by atoms with Gasteiger partial charge in [0.2, 0.25) is 5.88 Å². The molecule has 0 saturated carbocycles. The quantitative estimate of drug-likeness (QED) is 0.770. The second kappa shape index (κ2) is 6.33. The molecule has 0 saturated heterocycles. The molecule has 1 aromatic carbocycles. The van der Waals surface area contributed by atoms with Crippen LogP contribution in [0.1, 0.15) is 5.56 Å². The molecule has 19 heavy (non-hydrogen) atoms. The van der Waals surface area contributed by atoms with E-state index in [2.05, 4.69) is 4.98 Å². The minimum Gasteiger partial charge on any atom is -0.497 e. The molecule has 100 valence electrons. The largest absolute Gasteiger partial charge is 0.497 e. The van der Waals surface area contributed by atoms with Gasteiger partial charge in [-0.1, -0.05) is 46.9 Å². The van der Waals surface area contributed by atoms with E-state index < -0.39 is 0 Å². The Morgan fingerprint density at radius 2 is 1.74 bits per heavy atom. The molecule has 0 fully saturated rings. The van der Waals surface area contributed by atoms with Crippen LogP contribution in [-0.4, -0.2) is 12.1 Å². The topological polar surface area (TPSA) is 31.4 Å². The zero-order chi connectivity index (χ0) is 13.8. The standard InChI is InChI=1S/C13H10Cl3NO2/c1-18-9-4-2-8(3-5-9)7-19-13-11(15)6-10(14)12(16)17-13/h2-6H,7H2,1H3. The maximum atomic E-state index is 5.96. The molecule has 0 bridgehead atoms. The number of nitrogens with zero attached hydrogens (tertiary/aromatic N) is 1. The molecule has 0 radical (unpaired) electrons. The van der Waals surface area contributed by atoms with Crippen LogP contribution in [0.15, 0.2) is 30.3 Å². The molecule has 0 unspecified atom stereocenters. The monoisotopic (exact) mass is 317 g/mol. The lowest BCUT2D eigenvalue weighted by molar-refractivity contribution is 0.294. The van der Waals surface area contributed by atoms with Gasteiger partial charge in [-0.05, 0) is 23.8 Å². The summed E-state index contributed by atoms with van der Waals surface area (Å²) in [5, 5.41) is 0.780. The number of ether oxygens (including phenoxy) is 2. The van der Waals surface area contributed by atoms with Gasteiger partial charge in [-0.2, -0.15) is 4.98 Å². The van der Waals surface area contributed by atoms with Crippen LogP contribution >= 0.6 is 34.8 Å². The van der Waals surface area contributed by atoms with Gasteiger partial charge >= 0.3 is 0 Å². The maximum Gasteiger partial charge on any atom is 0.234 e. The summed E-state index contributed by atoms with van der Waals surface area (Å²) in [6.45, 7) is 0.328. The van der Waals surface area contributed by atoms with E-state index in [4.69, 9.17) is 44.3 Å². The van der Waals surface area contributed by atoms with Crippen molar-refractivity contribution in [2.24, 2.45) is 0 Å². The smallest absolute Gasteiger partial charge is 0.234 e. The lowest BCUT2D eigenvalue weighted by Crippen LogP contribution is -1.98. The Labute approximate surface area is 126 Å². The molecule has 0 aliphatic rings. The van der Waals surface area contributed by atoms with Crippen LogP contribution in [0.5, 0.6) is 11.6 Å². The maximum absolute atomic E-state index is 5.96. The molecule has 1 heterocycles. The summed E-state index contributed by atoms with van der Waals surface area (Å²) in [6.07, 6.45) is 0. The van der Waals surface area contributed by atoms with Crippen LogP contribution in [0.3, 0.4) is 0 Å². The van der Waals surface area contributed by atoms with Gasteiger partial charge in [-0.15, -0.1) is 0 Å². The molecular weight excluding hydrogens is 309 g/mol. The van der Waals surface area contributed by atoms with Gasteiger partial charge in [0.05, 0.1) is 12.1 Å². The first-order chi connectivity index (χ1) is 9.10. The predicted octanol–water partition coefficient (Wildman–Crippen LogP) is 4.63. The van der Waals surface area contributed by atoms with Crippen molar-refractivity contribution in [2.45, 2.75) is 6.61 Å². The lowest BCUT2D eigenvalue weighted by atomic mass is 10.2. The molecule has 0 atom stereocenters. The number of methoxy groups -OCH3 is 1. The third kappa shape index (κ3) is 3.66. The Morgan fingerprint density at radius 1 is 1.05 bits per heavy atom. The van der Waals surface area contributed by atoms with E-state index in [0.29, 0.717) is 16.7 Å². The number of benzene rings is 1. The highest BCUT2D eigenvalue weighted by Gasteiger charge is 2.09. The first kappa shape index (κ1) is 14.3. The van der Waals surface area contributed by atoms with Crippen LogP contribution in [0, 0.1) is 0 Å². The fraction of sp³-hybridized carbons (Fsp3) is 0.154. The molecule has 6 heteroatoms. The van der Waals surface area contributed by atoms with Gasteiger partial charge < -0.3 is 9.47 Å². The van der Waals surface area contributed by atoms with Crippen molar-refractivity contribution >= 4 is 34.8 Å².